The van der Waals surface area contributed by atoms with Gasteiger partial charge >= 0.3 is 12.0 Å². The van der Waals surface area contributed by atoms with Gasteiger partial charge in [-0.1, -0.05) is 5.92 Å². The minimum Gasteiger partial charge on any atom is -0.481 e. The molecular formula is C12H18N2O4. The van der Waals surface area contributed by atoms with Crippen molar-refractivity contribution in [2.45, 2.75) is 12.8 Å². The van der Waals surface area contributed by atoms with Crippen molar-refractivity contribution in [1.82, 2.24) is 10.2 Å². The normalized spacial score (nSPS) is 17.6. The Kier molecular flexibility index (Phi) is 4.98. The van der Waals surface area contributed by atoms with Crippen molar-refractivity contribution in [3.63, 3.8) is 0 Å². The number of urea groups is 1. The van der Waals surface area contributed by atoms with Gasteiger partial charge in [0, 0.05) is 26.8 Å². The van der Waals surface area contributed by atoms with Crippen LogP contribution in [-0.4, -0.2) is 55.4 Å². The lowest BCUT2D eigenvalue weighted by Gasteiger charge is -2.33. The summed E-state index contributed by atoms with van der Waals surface area (Å²) in [7, 11) is 1.56. The molecule has 6 nitrogen and oxygen atoms in total. The summed E-state index contributed by atoms with van der Waals surface area (Å²) < 4.78 is 5.15. The number of carboxylic acid groups (broad SMARTS) is 1. The van der Waals surface area contributed by atoms with Gasteiger partial charge in [0.25, 0.3) is 0 Å². The molecule has 0 aliphatic carbocycles. The van der Waals surface area contributed by atoms with E-state index in [2.05, 4.69) is 11.2 Å². The van der Waals surface area contributed by atoms with Crippen LogP contribution in [0.1, 0.15) is 12.8 Å². The summed E-state index contributed by atoms with van der Waals surface area (Å²) in [6.45, 7) is 1.10. The maximum absolute atomic E-state index is 11.6. The van der Waals surface area contributed by atoms with Crippen LogP contribution in [0.5, 0.6) is 0 Å². The van der Waals surface area contributed by atoms with Crippen LogP contribution in [0.15, 0.2) is 0 Å². The lowest BCUT2D eigenvalue weighted by molar-refractivity contribution is -0.154. The van der Waals surface area contributed by atoms with Crippen LogP contribution in [0, 0.1) is 17.8 Å². The molecule has 0 radical (unpaired) electrons. The van der Waals surface area contributed by atoms with E-state index in [4.69, 9.17) is 11.2 Å². The van der Waals surface area contributed by atoms with Crippen molar-refractivity contribution in [1.29, 1.82) is 0 Å². The summed E-state index contributed by atoms with van der Waals surface area (Å²) in [6.07, 6.45) is 5.91. The number of aliphatic carboxylic acids is 1. The first kappa shape index (κ1) is 14.3. The third-order valence-electron chi connectivity index (χ3n) is 3.16. The molecule has 2 N–H and O–H groups in total. The van der Waals surface area contributed by atoms with Gasteiger partial charge in [0.1, 0.15) is 0 Å². The lowest BCUT2D eigenvalue weighted by Crippen LogP contribution is -2.49. The predicted octanol–water partition coefficient (Wildman–Crippen LogP) is 0.142. The van der Waals surface area contributed by atoms with Crippen LogP contribution in [0.25, 0.3) is 0 Å². The van der Waals surface area contributed by atoms with E-state index in [1.54, 1.807) is 7.05 Å². The highest BCUT2D eigenvalue weighted by atomic mass is 16.5. The molecule has 100 valence electrons. The number of terminal acetylenes is 1. The van der Waals surface area contributed by atoms with Crippen LogP contribution in [0.4, 0.5) is 4.79 Å². The second kappa shape index (κ2) is 6.26. The maximum Gasteiger partial charge on any atom is 0.317 e. The van der Waals surface area contributed by atoms with Crippen molar-refractivity contribution in [3.05, 3.63) is 0 Å². The summed E-state index contributed by atoms with van der Waals surface area (Å²) in [5.41, 5.74) is -0.926. The molecule has 1 aliphatic rings. The number of ether oxygens (including phenoxy) is 1. The zero-order chi connectivity index (χ0) is 13.6. The number of carbonyl (C=O) groups is 2. The largest absolute Gasteiger partial charge is 0.481 e. The van der Waals surface area contributed by atoms with Gasteiger partial charge in [-0.2, -0.15) is 0 Å². The van der Waals surface area contributed by atoms with Crippen LogP contribution in [0.2, 0.25) is 0 Å². The first-order chi connectivity index (χ1) is 8.52. The molecule has 0 aromatic carbocycles. The quantitative estimate of drug-likeness (QED) is 0.700. The fourth-order valence-corrected chi connectivity index (χ4v) is 1.82. The zero-order valence-corrected chi connectivity index (χ0v) is 10.4. The van der Waals surface area contributed by atoms with Gasteiger partial charge < -0.3 is 20.1 Å². The molecule has 0 aromatic rings. The minimum absolute atomic E-state index is 0.0967. The second-order valence-electron chi connectivity index (χ2n) is 4.42. The van der Waals surface area contributed by atoms with Crippen LogP contribution >= 0.6 is 0 Å². The van der Waals surface area contributed by atoms with E-state index in [-0.39, 0.29) is 19.1 Å². The number of nitrogens with one attached hydrogen (secondary N) is 1. The Balaban J connectivity index is 2.55. The minimum atomic E-state index is -0.926. The van der Waals surface area contributed by atoms with Crippen LogP contribution in [-0.2, 0) is 9.53 Å². The number of rotatable bonds is 4. The molecule has 0 saturated carbocycles. The van der Waals surface area contributed by atoms with Crippen molar-refractivity contribution >= 4 is 12.0 Å². The summed E-state index contributed by atoms with van der Waals surface area (Å²) in [5.74, 6) is 1.45. The standard InChI is InChI=1S/C12H18N2O4/c1-3-6-14(2)11(17)13-9-12(10(15)16)4-7-18-8-5-12/h1H,4-9H2,2H3,(H,13,17)(H,15,16). The van der Waals surface area contributed by atoms with Gasteiger partial charge in [-0.3, -0.25) is 4.79 Å². The molecule has 6 heteroatoms. The van der Waals surface area contributed by atoms with Crippen molar-refractivity contribution < 1.29 is 19.4 Å². The Morgan fingerprint density at radius 1 is 1.50 bits per heavy atom. The van der Waals surface area contributed by atoms with Gasteiger partial charge in [-0.25, -0.2) is 4.79 Å². The Hall–Kier alpha value is -1.74. The Labute approximate surface area is 106 Å². The molecule has 0 aromatic heterocycles. The van der Waals surface area contributed by atoms with E-state index < -0.39 is 11.4 Å². The van der Waals surface area contributed by atoms with E-state index in [0.717, 1.165) is 0 Å². The van der Waals surface area contributed by atoms with Crippen LogP contribution in [0.3, 0.4) is 0 Å². The van der Waals surface area contributed by atoms with E-state index in [1.807, 2.05) is 0 Å². The first-order valence-electron chi connectivity index (χ1n) is 5.75. The number of amides is 2. The highest BCUT2D eigenvalue weighted by molar-refractivity contribution is 5.78. The maximum atomic E-state index is 11.6. The number of hydrogen-bond donors (Lipinski definition) is 2. The number of hydrogen-bond acceptors (Lipinski definition) is 3. The SMILES string of the molecule is C#CCN(C)C(=O)NCC1(C(=O)O)CCOCC1. The molecule has 0 atom stereocenters. The Bertz CT molecular complexity index is 356. The third-order valence-corrected chi connectivity index (χ3v) is 3.16. The highest BCUT2D eigenvalue weighted by Crippen LogP contribution is 2.30. The molecule has 1 aliphatic heterocycles. The van der Waals surface area contributed by atoms with Gasteiger partial charge in [-0.05, 0) is 12.8 Å². The Morgan fingerprint density at radius 2 is 2.11 bits per heavy atom. The number of nitrogens with zero attached hydrogens (tertiary/aromatic N) is 1. The summed E-state index contributed by atoms with van der Waals surface area (Å²) in [4.78, 5) is 24.3. The molecule has 0 bridgehead atoms. The van der Waals surface area contributed by atoms with E-state index >= 15 is 0 Å². The van der Waals surface area contributed by atoms with Crippen molar-refractivity contribution in [3.8, 4) is 12.3 Å². The molecule has 1 fully saturated rings. The monoisotopic (exact) mass is 254 g/mol. The number of carboxylic acids is 1. The summed E-state index contributed by atoms with van der Waals surface area (Å²) in [6, 6.07) is -0.361. The predicted molar refractivity (Wildman–Crippen MR) is 65.0 cm³/mol. The Morgan fingerprint density at radius 3 is 2.61 bits per heavy atom. The summed E-state index contributed by atoms with van der Waals surface area (Å²) >= 11 is 0. The van der Waals surface area contributed by atoms with Crippen molar-refractivity contribution in [2.75, 3.05) is 33.4 Å². The fourth-order valence-electron chi connectivity index (χ4n) is 1.82. The molecule has 1 saturated heterocycles. The zero-order valence-electron chi connectivity index (χ0n) is 10.4. The van der Waals surface area contributed by atoms with E-state index in [0.29, 0.717) is 26.1 Å². The number of carbonyl (C=O) groups excluding carboxylic acids is 1. The van der Waals surface area contributed by atoms with Gasteiger partial charge in [-0.15, -0.1) is 6.42 Å². The van der Waals surface area contributed by atoms with Crippen molar-refractivity contribution in [2.24, 2.45) is 5.41 Å². The van der Waals surface area contributed by atoms with Gasteiger partial charge in [0.05, 0.1) is 12.0 Å². The second-order valence-corrected chi connectivity index (χ2v) is 4.42. The third kappa shape index (κ3) is 3.37. The molecule has 18 heavy (non-hydrogen) atoms. The van der Waals surface area contributed by atoms with E-state index in [9.17, 15) is 14.7 Å². The molecule has 1 rings (SSSR count). The first-order valence-corrected chi connectivity index (χ1v) is 5.75. The fraction of sp³-hybridized carbons (Fsp3) is 0.667. The smallest absolute Gasteiger partial charge is 0.317 e. The lowest BCUT2D eigenvalue weighted by atomic mass is 9.80. The topological polar surface area (TPSA) is 78.9 Å². The molecule has 1 heterocycles. The van der Waals surface area contributed by atoms with E-state index in [1.165, 1.54) is 4.90 Å². The molecule has 2 amide bonds. The average Bonchev–Trinajstić information content (AvgIpc) is 2.37. The average molecular weight is 254 g/mol. The molecule has 0 spiro atoms. The summed E-state index contributed by atoms with van der Waals surface area (Å²) in [5, 5.41) is 11.9. The molecule has 0 unspecified atom stereocenters. The van der Waals surface area contributed by atoms with Gasteiger partial charge in [0.15, 0.2) is 0 Å². The molecular weight excluding hydrogens is 236 g/mol. The van der Waals surface area contributed by atoms with Crippen LogP contribution < -0.4 is 5.32 Å². The highest BCUT2D eigenvalue weighted by Gasteiger charge is 2.40. The van der Waals surface area contributed by atoms with Gasteiger partial charge in [0.2, 0.25) is 0 Å².